The fourth-order valence-electron chi connectivity index (χ4n) is 1.41. The van der Waals surface area contributed by atoms with Crippen LogP contribution in [0.25, 0.3) is 0 Å². The van der Waals surface area contributed by atoms with Gasteiger partial charge in [-0.15, -0.1) is 6.42 Å². The second kappa shape index (κ2) is 5.26. The molecule has 1 aromatic rings. The summed E-state index contributed by atoms with van der Waals surface area (Å²) < 4.78 is 5.09. The van der Waals surface area contributed by atoms with E-state index in [4.69, 9.17) is 10.8 Å². The third-order valence-electron chi connectivity index (χ3n) is 2.15. The molecule has 1 amide bonds. The number of carbonyl (C=O) groups is 1. The van der Waals surface area contributed by atoms with Gasteiger partial charge < -0.3 is 9.32 Å². The van der Waals surface area contributed by atoms with Crippen LogP contribution in [0.3, 0.4) is 0 Å². The molecule has 1 heterocycles. The molecule has 0 radical (unpaired) electrons. The normalized spacial score (nSPS) is 9.67. The van der Waals surface area contributed by atoms with Gasteiger partial charge in [0.15, 0.2) is 0 Å². The van der Waals surface area contributed by atoms with Crippen LogP contribution in [0, 0.1) is 19.3 Å². The summed E-state index contributed by atoms with van der Waals surface area (Å²) in [4.78, 5) is 13.6. The predicted octanol–water partition coefficient (Wildman–Crippen LogP) is 2.07. The monoisotopic (exact) mass is 205 g/mol. The first-order valence-corrected chi connectivity index (χ1v) is 4.97. The van der Waals surface area contributed by atoms with E-state index in [2.05, 4.69) is 5.92 Å². The van der Waals surface area contributed by atoms with E-state index in [-0.39, 0.29) is 5.91 Å². The van der Waals surface area contributed by atoms with Gasteiger partial charge in [0.05, 0.1) is 18.4 Å². The van der Waals surface area contributed by atoms with Crippen molar-refractivity contribution < 1.29 is 9.21 Å². The maximum absolute atomic E-state index is 12.0. The van der Waals surface area contributed by atoms with Gasteiger partial charge in [0.25, 0.3) is 5.91 Å². The molecule has 0 aliphatic carbocycles. The Bertz CT molecular complexity index is 373. The molecule has 0 atom stereocenters. The molecule has 0 spiro atoms. The Balaban J connectivity index is 2.81. The van der Waals surface area contributed by atoms with E-state index in [1.165, 1.54) is 6.26 Å². The third-order valence-corrected chi connectivity index (χ3v) is 2.15. The molecule has 0 fully saturated rings. The second-order valence-electron chi connectivity index (χ2n) is 3.32. The van der Waals surface area contributed by atoms with Crippen molar-refractivity contribution in [2.45, 2.75) is 20.3 Å². The molecule has 0 unspecified atom stereocenters. The first-order valence-electron chi connectivity index (χ1n) is 4.97. The van der Waals surface area contributed by atoms with Crippen molar-refractivity contribution in [3.8, 4) is 12.3 Å². The Morgan fingerprint density at radius 3 is 2.87 bits per heavy atom. The van der Waals surface area contributed by atoms with E-state index in [0.29, 0.717) is 24.4 Å². The van der Waals surface area contributed by atoms with Crippen LogP contribution < -0.4 is 0 Å². The molecule has 3 heteroatoms. The minimum absolute atomic E-state index is 0.0546. The zero-order valence-electron chi connectivity index (χ0n) is 9.12. The summed E-state index contributed by atoms with van der Waals surface area (Å²) in [5.41, 5.74) is 0.596. The van der Waals surface area contributed by atoms with Crippen LogP contribution in [-0.2, 0) is 0 Å². The van der Waals surface area contributed by atoms with Gasteiger partial charge in [-0.2, -0.15) is 0 Å². The Morgan fingerprint density at radius 1 is 1.67 bits per heavy atom. The second-order valence-corrected chi connectivity index (χ2v) is 3.32. The van der Waals surface area contributed by atoms with E-state index in [0.717, 1.165) is 6.42 Å². The molecule has 3 nitrogen and oxygen atoms in total. The van der Waals surface area contributed by atoms with Gasteiger partial charge >= 0.3 is 0 Å². The number of amides is 1. The molecule has 0 saturated carbocycles. The van der Waals surface area contributed by atoms with E-state index in [9.17, 15) is 4.79 Å². The lowest BCUT2D eigenvalue weighted by Crippen LogP contribution is -2.32. The summed E-state index contributed by atoms with van der Waals surface area (Å²) in [5.74, 6) is 3.07. The summed E-state index contributed by atoms with van der Waals surface area (Å²) in [5, 5.41) is 0. The van der Waals surface area contributed by atoms with E-state index in [1.54, 1.807) is 17.9 Å². The summed E-state index contributed by atoms with van der Waals surface area (Å²) in [6, 6.07) is 1.68. The fraction of sp³-hybridized carbons (Fsp3) is 0.417. The highest BCUT2D eigenvalue weighted by molar-refractivity contribution is 5.95. The van der Waals surface area contributed by atoms with Crippen LogP contribution in [0.15, 0.2) is 16.7 Å². The maximum atomic E-state index is 12.0. The van der Waals surface area contributed by atoms with E-state index < -0.39 is 0 Å². The average Bonchev–Trinajstić information content (AvgIpc) is 2.63. The Labute approximate surface area is 90.1 Å². The summed E-state index contributed by atoms with van der Waals surface area (Å²) in [6.07, 6.45) is 7.63. The Hall–Kier alpha value is -1.69. The first kappa shape index (κ1) is 11.4. The van der Waals surface area contributed by atoms with Crippen molar-refractivity contribution in [2.24, 2.45) is 0 Å². The molecule has 1 aromatic heterocycles. The summed E-state index contributed by atoms with van der Waals surface area (Å²) in [6.45, 7) is 4.80. The van der Waals surface area contributed by atoms with Gasteiger partial charge in [-0.3, -0.25) is 4.79 Å². The molecule has 1 rings (SSSR count). The van der Waals surface area contributed by atoms with Gasteiger partial charge in [-0.1, -0.05) is 12.8 Å². The molecule has 0 aliphatic heterocycles. The van der Waals surface area contributed by atoms with Crippen molar-refractivity contribution in [3.05, 3.63) is 23.7 Å². The van der Waals surface area contributed by atoms with Crippen LogP contribution in [0.5, 0.6) is 0 Å². The number of furan rings is 1. The predicted molar refractivity (Wildman–Crippen MR) is 58.5 cm³/mol. The number of carbonyl (C=O) groups excluding carboxylic acids is 1. The highest BCUT2D eigenvalue weighted by Crippen LogP contribution is 2.12. The van der Waals surface area contributed by atoms with Gasteiger partial charge in [0.2, 0.25) is 0 Å². The quantitative estimate of drug-likeness (QED) is 0.705. The molecule has 0 N–H and O–H groups in total. The highest BCUT2D eigenvalue weighted by atomic mass is 16.3. The number of hydrogen-bond donors (Lipinski definition) is 0. The molecule has 0 aromatic carbocycles. The molecular weight excluding hydrogens is 190 g/mol. The number of aryl methyl sites for hydroxylation is 1. The van der Waals surface area contributed by atoms with Crippen LogP contribution in [0.1, 0.15) is 29.5 Å². The largest absolute Gasteiger partial charge is 0.469 e. The minimum atomic E-state index is -0.0546. The standard InChI is InChI=1S/C12H15NO2/c1-4-7-13(8-5-2)12(14)11-6-9-15-10(11)3/h1,6,9H,5,7-8H2,2-3H3. The lowest BCUT2D eigenvalue weighted by atomic mass is 10.2. The van der Waals surface area contributed by atoms with Crippen LogP contribution in [-0.4, -0.2) is 23.9 Å². The third kappa shape index (κ3) is 2.63. The molecule has 0 bridgehead atoms. The minimum Gasteiger partial charge on any atom is -0.469 e. The average molecular weight is 205 g/mol. The van der Waals surface area contributed by atoms with Crippen molar-refractivity contribution in [1.29, 1.82) is 0 Å². The van der Waals surface area contributed by atoms with E-state index >= 15 is 0 Å². The Morgan fingerprint density at radius 2 is 2.40 bits per heavy atom. The van der Waals surface area contributed by atoms with Crippen molar-refractivity contribution >= 4 is 5.91 Å². The van der Waals surface area contributed by atoms with Crippen molar-refractivity contribution in [1.82, 2.24) is 4.90 Å². The molecule has 80 valence electrons. The van der Waals surface area contributed by atoms with Crippen LogP contribution in [0.4, 0.5) is 0 Å². The van der Waals surface area contributed by atoms with Gasteiger partial charge in [-0.25, -0.2) is 0 Å². The number of terminal acetylenes is 1. The van der Waals surface area contributed by atoms with Crippen molar-refractivity contribution in [3.63, 3.8) is 0 Å². The lowest BCUT2D eigenvalue weighted by Gasteiger charge is -2.18. The number of nitrogens with zero attached hydrogens (tertiary/aromatic N) is 1. The summed E-state index contributed by atoms with van der Waals surface area (Å²) >= 11 is 0. The molecule has 15 heavy (non-hydrogen) atoms. The molecule has 0 aliphatic rings. The first-order chi connectivity index (χ1) is 7.20. The summed E-state index contributed by atoms with van der Waals surface area (Å²) in [7, 11) is 0. The molecular formula is C12H15NO2. The lowest BCUT2D eigenvalue weighted by molar-refractivity contribution is 0.0775. The van der Waals surface area contributed by atoms with Gasteiger partial charge in [0, 0.05) is 6.54 Å². The molecule has 0 saturated heterocycles. The zero-order valence-corrected chi connectivity index (χ0v) is 9.12. The van der Waals surface area contributed by atoms with Crippen molar-refractivity contribution in [2.75, 3.05) is 13.1 Å². The van der Waals surface area contributed by atoms with Gasteiger partial charge in [-0.05, 0) is 19.4 Å². The smallest absolute Gasteiger partial charge is 0.258 e. The van der Waals surface area contributed by atoms with Crippen LogP contribution in [0.2, 0.25) is 0 Å². The highest BCUT2D eigenvalue weighted by Gasteiger charge is 2.17. The van der Waals surface area contributed by atoms with Crippen LogP contribution >= 0.6 is 0 Å². The van der Waals surface area contributed by atoms with Gasteiger partial charge in [0.1, 0.15) is 5.76 Å². The Kier molecular flexibility index (Phi) is 3.99. The topological polar surface area (TPSA) is 33.5 Å². The van der Waals surface area contributed by atoms with E-state index in [1.807, 2.05) is 6.92 Å². The SMILES string of the molecule is C#CCN(CCC)C(=O)c1ccoc1C. The fourth-order valence-corrected chi connectivity index (χ4v) is 1.41. The number of rotatable bonds is 4. The number of hydrogen-bond acceptors (Lipinski definition) is 2. The zero-order chi connectivity index (χ0) is 11.3. The maximum Gasteiger partial charge on any atom is 0.258 e.